The van der Waals surface area contributed by atoms with Crippen LogP contribution >= 0.6 is 0 Å². The topological polar surface area (TPSA) is 57.1 Å². The smallest absolute Gasteiger partial charge is 0.197 e. The van der Waals surface area contributed by atoms with Gasteiger partial charge in [-0.25, -0.2) is 0 Å². The molecule has 1 aliphatic carbocycles. The lowest BCUT2D eigenvalue weighted by Gasteiger charge is -2.14. The monoisotopic (exact) mass is 391 g/mol. The van der Waals surface area contributed by atoms with Crippen molar-refractivity contribution < 1.29 is 4.74 Å². The molecule has 5 rings (SSSR count). The molecule has 146 valence electrons. The van der Waals surface area contributed by atoms with E-state index >= 15 is 0 Å². The Morgan fingerprint density at radius 2 is 1.57 bits per heavy atom. The maximum Gasteiger partial charge on any atom is 0.197 e. The van der Waals surface area contributed by atoms with Crippen molar-refractivity contribution in [1.29, 1.82) is 5.41 Å². The average Bonchev–Trinajstić information content (AvgIpc) is 3.20. The van der Waals surface area contributed by atoms with Gasteiger partial charge in [0.2, 0.25) is 0 Å². The van der Waals surface area contributed by atoms with Crippen molar-refractivity contribution in [3.8, 4) is 5.75 Å². The van der Waals surface area contributed by atoms with Gasteiger partial charge in [0.25, 0.3) is 0 Å². The summed E-state index contributed by atoms with van der Waals surface area (Å²) in [6.45, 7) is 0.509. The van der Waals surface area contributed by atoms with Gasteiger partial charge in [0.15, 0.2) is 5.96 Å². The highest BCUT2D eigenvalue weighted by Gasteiger charge is 2.12. The lowest BCUT2D eigenvalue weighted by Crippen LogP contribution is -2.20. The van der Waals surface area contributed by atoms with E-state index in [2.05, 4.69) is 41.0 Å². The summed E-state index contributed by atoms with van der Waals surface area (Å²) in [6.07, 6.45) is 4.26. The summed E-state index contributed by atoms with van der Waals surface area (Å²) in [5.41, 5.74) is 5.26. The summed E-state index contributed by atoms with van der Waals surface area (Å²) in [5.74, 6) is 0.968. The highest BCUT2D eigenvalue weighted by Crippen LogP contribution is 2.35. The molecule has 3 N–H and O–H groups in total. The van der Waals surface area contributed by atoms with Crippen LogP contribution in [0.25, 0.3) is 22.9 Å². The Labute approximate surface area is 175 Å². The SMILES string of the molecule is N=C(Nc1cccc(OCc2ccccc2)c1)Nc1ccc2c3c(cccc13)C=C2. The van der Waals surface area contributed by atoms with Crippen LogP contribution in [0, 0.1) is 5.41 Å². The molecule has 4 nitrogen and oxygen atoms in total. The van der Waals surface area contributed by atoms with Gasteiger partial charge in [0.05, 0.1) is 0 Å². The number of hydrogen-bond acceptors (Lipinski definition) is 2. The van der Waals surface area contributed by atoms with Gasteiger partial charge >= 0.3 is 0 Å². The summed E-state index contributed by atoms with van der Waals surface area (Å²) < 4.78 is 5.89. The molecule has 4 aromatic carbocycles. The zero-order valence-corrected chi connectivity index (χ0v) is 16.4. The van der Waals surface area contributed by atoms with Gasteiger partial charge in [-0.05, 0) is 40.3 Å². The molecule has 0 aromatic heterocycles. The average molecular weight is 391 g/mol. The van der Waals surface area contributed by atoms with Crippen LogP contribution in [-0.2, 0) is 6.61 Å². The van der Waals surface area contributed by atoms with Crippen molar-refractivity contribution in [1.82, 2.24) is 0 Å². The molecule has 0 amide bonds. The minimum absolute atomic E-state index is 0.210. The normalized spacial score (nSPS) is 11.5. The molecule has 0 spiro atoms. The van der Waals surface area contributed by atoms with E-state index in [9.17, 15) is 0 Å². The molecule has 0 saturated heterocycles. The van der Waals surface area contributed by atoms with E-state index in [4.69, 9.17) is 10.1 Å². The van der Waals surface area contributed by atoms with Crippen LogP contribution in [0.15, 0.2) is 84.9 Å². The van der Waals surface area contributed by atoms with E-state index in [-0.39, 0.29) is 5.96 Å². The fraction of sp³-hybridized carbons (Fsp3) is 0.0385. The summed E-state index contributed by atoms with van der Waals surface area (Å²) in [4.78, 5) is 0. The van der Waals surface area contributed by atoms with Gasteiger partial charge in [0.1, 0.15) is 12.4 Å². The third-order valence-corrected chi connectivity index (χ3v) is 5.16. The molecular weight excluding hydrogens is 370 g/mol. The standard InChI is InChI=1S/C26H21N3O/c27-26(29-24-15-14-20-13-12-19-8-4-11-23(24)25(19)20)28-21-9-5-10-22(16-21)30-17-18-6-2-1-3-7-18/h1-16H,17H2,(H3,27,28,29). The van der Waals surface area contributed by atoms with Crippen LogP contribution in [0.3, 0.4) is 0 Å². The van der Waals surface area contributed by atoms with Gasteiger partial charge in [-0.3, -0.25) is 5.41 Å². The minimum Gasteiger partial charge on any atom is -0.489 e. The predicted molar refractivity (Wildman–Crippen MR) is 125 cm³/mol. The molecule has 0 bridgehead atoms. The maximum atomic E-state index is 8.39. The first-order valence-corrected chi connectivity index (χ1v) is 9.89. The molecule has 0 fully saturated rings. The van der Waals surface area contributed by atoms with Crippen molar-refractivity contribution in [3.63, 3.8) is 0 Å². The number of hydrogen-bond donors (Lipinski definition) is 3. The van der Waals surface area contributed by atoms with E-state index in [1.54, 1.807) is 0 Å². The van der Waals surface area contributed by atoms with Crippen LogP contribution in [-0.4, -0.2) is 5.96 Å². The molecule has 0 unspecified atom stereocenters. The first-order chi connectivity index (χ1) is 14.8. The quantitative estimate of drug-likeness (QED) is 0.241. The first-order valence-electron chi connectivity index (χ1n) is 9.89. The third-order valence-electron chi connectivity index (χ3n) is 5.16. The molecule has 0 radical (unpaired) electrons. The second-order valence-electron chi connectivity index (χ2n) is 7.23. The number of rotatable bonds is 5. The van der Waals surface area contributed by atoms with E-state index in [0.29, 0.717) is 6.61 Å². The Balaban J connectivity index is 1.28. The third kappa shape index (κ3) is 3.63. The lowest BCUT2D eigenvalue weighted by atomic mass is 10.0. The van der Waals surface area contributed by atoms with Crippen molar-refractivity contribution in [2.45, 2.75) is 6.61 Å². The maximum absolute atomic E-state index is 8.39. The van der Waals surface area contributed by atoms with Crippen molar-refractivity contribution in [2.24, 2.45) is 0 Å². The number of guanidine groups is 1. The molecule has 4 aromatic rings. The van der Waals surface area contributed by atoms with E-state index in [0.717, 1.165) is 28.1 Å². The van der Waals surface area contributed by atoms with Crippen molar-refractivity contribution in [3.05, 3.63) is 102 Å². The lowest BCUT2D eigenvalue weighted by molar-refractivity contribution is 0.306. The molecular formula is C26H21N3O. The van der Waals surface area contributed by atoms with Crippen LogP contribution in [0.4, 0.5) is 11.4 Å². The Hall–Kier alpha value is -4.05. The van der Waals surface area contributed by atoms with Crippen LogP contribution in [0.1, 0.15) is 16.7 Å². The summed E-state index contributed by atoms with van der Waals surface area (Å²) in [6, 6.07) is 28.1. The number of ether oxygens (including phenoxy) is 1. The summed E-state index contributed by atoms with van der Waals surface area (Å²) in [7, 11) is 0. The number of benzene rings is 4. The van der Waals surface area contributed by atoms with Crippen LogP contribution in [0.2, 0.25) is 0 Å². The van der Waals surface area contributed by atoms with Crippen LogP contribution in [0.5, 0.6) is 5.75 Å². The number of anilines is 2. The van der Waals surface area contributed by atoms with Crippen molar-refractivity contribution >= 4 is 40.3 Å². The fourth-order valence-electron chi connectivity index (χ4n) is 3.74. The van der Waals surface area contributed by atoms with Gasteiger partial charge in [0, 0.05) is 22.8 Å². The van der Waals surface area contributed by atoms with E-state index in [1.165, 1.54) is 16.5 Å². The predicted octanol–water partition coefficient (Wildman–Crippen LogP) is 6.36. The Morgan fingerprint density at radius 1 is 0.767 bits per heavy atom. The van der Waals surface area contributed by atoms with Gasteiger partial charge in [-0.2, -0.15) is 0 Å². The Bertz CT molecular complexity index is 1250. The van der Waals surface area contributed by atoms with E-state index in [1.807, 2.05) is 66.7 Å². The first kappa shape index (κ1) is 18.0. The minimum atomic E-state index is 0.210. The van der Waals surface area contributed by atoms with Gasteiger partial charge in [-0.15, -0.1) is 0 Å². The Morgan fingerprint density at radius 3 is 2.43 bits per heavy atom. The molecule has 0 atom stereocenters. The van der Waals surface area contributed by atoms with Crippen LogP contribution < -0.4 is 15.4 Å². The number of nitrogens with one attached hydrogen (secondary N) is 3. The second-order valence-corrected chi connectivity index (χ2v) is 7.23. The van der Waals surface area contributed by atoms with E-state index < -0.39 is 0 Å². The molecule has 4 heteroatoms. The molecule has 0 saturated carbocycles. The molecule has 0 aliphatic heterocycles. The van der Waals surface area contributed by atoms with Crippen molar-refractivity contribution in [2.75, 3.05) is 10.6 Å². The summed E-state index contributed by atoms with van der Waals surface area (Å²) in [5, 5.41) is 17.0. The molecule has 1 aliphatic rings. The highest BCUT2D eigenvalue weighted by molar-refractivity contribution is 6.13. The molecule has 0 heterocycles. The Kier molecular flexibility index (Phi) is 4.66. The molecule has 30 heavy (non-hydrogen) atoms. The zero-order valence-electron chi connectivity index (χ0n) is 16.4. The summed E-state index contributed by atoms with van der Waals surface area (Å²) >= 11 is 0. The highest BCUT2D eigenvalue weighted by atomic mass is 16.5. The zero-order chi connectivity index (χ0) is 20.3. The van der Waals surface area contributed by atoms with Gasteiger partial charge < -0.3 is 15.4 Å². The fourth-order valence-corrected chi connectivity index (χ4v) is 3.74. The van der Waals surface area contributed by atoms with Gasteiger partial charge in [-0.1, -0.05) is 72.8 Å². The second kappa shape index (κ2) is 7.76. The largest absolute Gasteiger partial charge is 0.489 e.